The maximum absolute atomic E-state index is 13.7. The highest BCUT2D eigenvalue weighted by atomic mass is 35.5. The van der Waals surface area contributed by atoms with Crippen LogP contribution in [0.5, 0.6) is 0 Å². The molecule has 2 amide bonds. The summed E-state index contributed by atoms with van der Waals surface area (Å²) in [5.41, 5.74) is 3.64. The first-order valence-electron chi connectivity index (χ1n) is 11.0. The number of rotatable bonds is 6. The molecule has 170 valence electrons. The largest absolute Gasteiger partial charge is 0.392 e. The van der Waals surface area contributed by atoms with E-state index in [0.717, 1.165) is 16.7 Å². The van der Waals surface area contributed by atoms with Gasteiger partial charge in [0.2, 0.25) is 5.91 Å². The highest BCUT2D eigenvalue weighted by molar-refractivity contribution is 6.31. The molecule has 2 N–H and O–H groups in total. The summed E-state index contributed by atoms with van der Waals surface area (Å²) in [5, 5.41) is 13.1. The molecule has 0 unspecified atom stereocenters. The van der Waals surface area contributed by atoms with Gasteiger partial charge in [0.25, 0.3) is 5.91 Å². The van der Waals surface area contributed by atoms with Gasteiger partial charge < -0.3 is 15.3 Å². The average Bonchev–Trinajstić information content (AvgIpc) is 2.81. The van der Waals surface area contributed by atoms with E-state index in [1.54, 1.807) is 17.0 Å². The molecular formula is C27H27ClN2O3. The van der Waals surface area contributed by atoms with Gasteiger partial charge in [0.1, 0.15) is 0 Å². The molecule has 0 bridgehead atoms. The van der Waals surface area contributed by atoms with Crippen molar-refractivity contribution in [2.45, 2.75) is 45.0 Å². The van der Waals surface area contributed by atoms with E-state index in [-0.39, 0.29) is 31.0 Å². The van der Waals surface area contributed by atoms with Gasteiger partial charge >= 0.3 is 0 Å². The molecule has 2 atom stereocenters. The molecule has 0 aromatic heterocycles. The number of amides is 2. The van der Waals surface area contributed by atoms with Crippen LogP contribution >= 0.6 is 11.6 Å². The lowest BCUT2D eigenvalue weighted by Gasteiger charge is -2.42. The lowest BCUT2D eigenvalue weighted by molar-refractivity contribution is -0.124. The Morgan fingerprint density at radius 1 is 1.03 bits per heavy atom. The van der Waals surface area contributed by atoms with Crippen LogP contribution in [0.15, 0.2) is 72.8 Å². The van der Waals surface area contributed by atoms with Gasteiger partial charge in [-0.2, -0.15) is 0 Å². The summed E-state index contributed by atoms with van der Waals surface area (Å²) in [6.07, 6.45) is 0. The van der Waals surface area contributed by atoms with Gasteiger partial charge in [-0.25, -0.2) is 0 Å². The van der Waals surface area contributed by atoms with Crippen molar-refractivity contribution in [2.75, 3.05) is 0 Å². The van der Waals surface area contributed by atoms with Crippen LogP contribution in [-0.2, 0) is 17.9 Å². The van der Waals surface area contributed by atoms with Crippen molar-refractivity contribution in [1.82, 2.24) is 10.2 Å². The van der Waals surface area contributed by atoms with Crippen molar-refractivity contribution in [2.24, 2.45) is 0 Å². The van der Waals surface area contributed by atoms with E-state index >= 15 is 0 Å². The van der Waals surface area contributed by atoms with E-state index in [2.05, 4.69) is 5.32 Å². The number of halogens is 1. The van der Waals surface area contributed by atoms with E-state index < -0.39 is 12.0 Å². The molecule has 0 saturated heterocycles. The van der Waals surface area contributed by atoms with Crippen LogP contribution in [0.1, 0.15) is 58.4 Å². The van der Waals surface area contributed by atoms with Gasteiger partial charge in [-0.05, 0) is 48.2 Å². The predicted molar refractivity (Wildman–Crippen MR) is 129 cm³/mol. The first-order valence-corrected chi connectivity index (χ1v) is 11.4. The quantitative estimate of drug-likeness (QED) is 0.550. The lowest BCUT2D eigenvalue weighted by atomic mass is 9.78. The fourth-order valence-electron chi connectivity index (χ4n) is 4.43. The summed E-state index contributed by atoms with van der Waals surface area (Å²) in [4.78, 5) is 29.0. The summed E-state index contributed by atoms with van der Waals surface area (Å²) in [7, 11) is 0. The molecule has 5 nitrogen and oxygen atoms in total. The van der Waals surface area contributed by atoms with E-state index in [4.69, 9.17) is 11.6 Å². The summed E-state index contributed by atoms with van der Waals surface area (Å²) in [6.45, 7) is 4.03. The van der Waals surface area contributed by atoms with Crippen LogP contribution in [0.3, 0.4) is 0 Å². The molecule has 0 aliphatic carbocycles. The summed E-state index contributed by atoms with van der Waals surface area (Å²) in [5.74, 6) is -0.871. The molecule has 6 heteroatoms. The number of fused-ring (bicyclic) bond motifs is 1. The van der Waals surface area contributed by atoms with E-state index in [1.165, 1.54) is 0 Å². The fourth-order valence-corrected chi connectivity index (χ4v) is 4.62. The summed E-state index contributed by atoms with van der Waals surface area (Å²) < 4.78 is 0. The van der Waals surface area contributed by atoms with Crippen LogP contribution in [0.2, 0.25) is 5.02 Å². The van der Waals surface area contributed by atoms with Crippen LogP contribution < -0.4 is 5.32 Å². The van der Waals surface area contributed by atoms with Crippen LogP contribution in [0.25, 0.3) is 0 Å². The van der Waals surface area contributed by atoms with Crippen molar-refractivity contribution < 1.29 is 14.7 Å². The second kappa shape index (κ2) is 9.77. The summed E-state index contributed by atoms with van der Waals surface area (Å²) >= 11 is 6.45. The molecular weight excluding hydrogens is 436 g/mol. The van der Waals surface area contributed by atoms with Crippen molar-refractivity contribution in [3.63, 3.8) is 0 Å². The zero-order valence-electron chi connectivity index (χ0n) is 18.7. The van der Waals surface area contributed by atoms with Crippen molar-refractivity contribution >= 4 is 23.4 Å². The third-order valence-electron chi connectivity index (χ3n) is 5.95. The number of nitrogens with one attached hydrogen (secondary N) is 1. The van der Waals surface area contributed by atoms with Crippen molar-refractivity contribution in [3.8, 4) is 0 Å². The first kappa shape index (κ1) is 23.0. The standard InChI is InChI=1S/C27H27ClN2O3/c1-17(2)29-26(32)24-21-8-4-5-9-22(21)27(33)30(15-20-7-3-6-10-23(20)28)25(24)19-13-11-18(16-31)12-14-19/h3-14,17,24-25,31H,15-16H2,1-2H3,(H,29,32)/t24-,25+/m1/s1. The number of hydrogen-bond acceptors (Lipinski definition) is 3. The van der Waals surface area contributed by atoms with Crippen molar-refractivity contribution in [3.05, 3.63) is 106 Å². The van der Waals surface area contributed by atoms with E-state index in [1.807, 2.05) is 74.5 Å². The Labute approximate surface area is 199 Å². The lowest BCUT2D eigenvalue weighted by Crippen LogP contribution is -2.48. The normalized spacial score (nSPS) is 17.7. The third kappa shape index (κ3) is 4.65. The number of aliphatic hydroxyl groups is 1. The Morgan fingerprint density at radius 3 is 2.36 bits per heavy atom. The molecule has 4 rings (SSSR count). The fraction of sp³-hybridized carbons (Fsp3) is 0.259. The van der Waals surface area contributed by atoms with Gasteiger partial charge in [0.05, 0.1) is 18.6 Å². The van der Waals surface area contributed by atoms with Gasteiger partial charge in [-0.3, -0.25) is 9.59 Å². The Morgan fingerprint density at radius 2 is 1.70 bits per heavy atom. The smallest absolute Gasteiger partial charge is 0.255 e. The summed E-state index contributed by atoms with van der Waals surface area (Å²) in [6, 6.07) is 21.6. The van der Waals surface area contributed by atoms with Gasteiger partial charge in [0.15, 0.2) is 0 Å². The Balaban J connectivity index is 1.89. The minimum atomic E-state index is -0.594. The van der Waals surface area contributed by atoms with Gasteiger partial charge in [-0.15, -0.1) is 0 Å². The van der Waals surface area contributed by atoms with Crippen molar-refractivity contribution in [1.29, 1.82) is 0 Å². The number of carbonyl (C=O) groups excluding carboxylic acids is 2. The van der Waals surface area contributed by atoms with E-state index in [0.29, 0.717) is 16.1 Å². The molecule has 1 aliphatic heterocycles. The Kier molecular flexibility index (Phi) is 6.82. The molecule has 33 heavy (non-hydrogen) atoms. The molecule has 0 spiro atoms. The van der Waals surface area contributed by atoms with Gasteiger partial charge in [-0.1, -0.05) is 72.3 Å². The maximum Gasteiger partial charge on any atom is 0.255 e. The molecule has 3 aromatic carbocycles. The number of hydrogen-bond donors (Lipinski definition) is 2. The average molecular weight is 463 g/mol. The molecule has 0 fully saturated rings. The third-order valence-corrected chi connectivity index (χ3v) is 6.32. The monoisotopic (exact) mass is 462 g/mol. The van der Waals surface area contributed by atoms with Crippen LogP contribution in [-0.4, -0.2) is 27.9 Å². The number of nitrogens with zero attached hydrogens (tertiary/aromatic N) is 1. The highest BCUT2D eigenvalue weighted by Crippen LogP contribution is 2.44. The number of aliphatic hydroxyl groups excluding tert-OH is 1. The molecule has 3 aromatic rings. The zero-order valence-corrected chi connectivity index (χ0v) is 19.4. The number of benzene rings is 3. The minimum Gasteiger partial charge on any atom is -0.392 e. The second-order valence-electron chi connectivity index (χ2n) is 8.60. The zero-order chi connectivity index (χ0) is 23.5. The number of carbonyl (C=O) groups is 2. The molecule has 1 aliphatic rings. The van der Waals surface area contributed by atoms with E-state index in [9.17, 15) is 14.7 Å². The topological polar surface area (TPSA) is 69.6 Å². The molecule has 1 heterocycles. The highest BCUT2D eigenvalue weighted by Gasteiger charge is 2.44. The predicted octanol–water partition coefficient (Wildman–Crippen LogP) is 4.84. The molecule has 0 saturated carbocycles. The Hall–Kier alpha value is -3.15. The van der Waals surface area contributed by atoms with Crippen LogP contribution in [0, 0.1) is 0 Å². The van der Waals surface area contributed by atoms with Gasteiger partial charge in [0, 0.05) is 23.2 Å². The SMILES string of the molecule is CC(C)NC(=O)[C@@H]1c2ccccc2C(=O)N(Cc2ccccc2Cl)[C@H]1c1ccc(CO)cc1. The second-order valence-corrected chi connectivity index (χ2v) is 9.00. The maximum atomic E-state index is 13.7. The Bertz CT molecular complexity index is 1160. The minimum absolute atomic E-state index is 0.0447. The molecule has 0 radical (unpaired) electrons. The first-order chi connectivity index (χ1) is 15.9. The van der Waals surface area contributed by atoms with Crippen LogP contribution in [0.4, 0.5) is 0 Å².